The van der Waals surface area contributed by atoms with E-state index in [1.165, 1.54) is 6.20 Å². The quantitative estimate of drug-likeness (QED) is 0.701. The van der Waals surface area contributed by atoms with Gasteiger partial charge < -0.3 is 4.90 Å². The molecule has 7 heteroatoms. The Morgan fingerprint density at radius 1 is 1.07 bits per heavy atom. The largest absolute Gasteiger partial charge is 0.341 e. The molecule has 1 aliphatic rings. The third-order valence-corrected chi connectivity index (χ3v) is 5.15. The third-order valence-electron chi connectivity index (χ3n) is 5.15. The standard InChI is InChI=1S/C21H23N5O2/c1-16-5-7-17(8-6-16)25(15-20(27)24-10-3-2-4-11-24)21(28)18-13-23-26-12-9-22-14-19(18)26/h5-9,12-14H,2-4,10-11,15H2,1H3. The summed E-state index contributed by atoms with van der Waals surface area (Å²) < 4.78 is 1.61. The number of carbonyl (C=O) groups excluding carboxylic acids is 2. The Labute approximate surface area is 163 Å². The number of hydrogen-bond donors (Lipinski definition) is 0. The lowest BCUT2D eigenvalue weighted by atomic mass is 10.1. The van der Waals surface area contributed by atoms with Crippen molar-refractivity contribution in [1.82, 2.24) is 19.5 Å². The molecule has 28 heavy (non-hydrogen) atoms. The van der Waals surface area contributed by atoms with Crippen molar-refractivity contribution < 1.29 is 9.59 Å². The Morgan fingerprint density at radius 2 is 1.82 bits per heavy atom. The van der Waals surface area contributed by atoms with Crippen LogP contribution in [0.4, 0.5) is 5.69 Å². The summed E-state index contributed by atoms with van der Waals surface area (Å²) in [6, 6.07) is 7.64. The van der Waals surface area contributed by atoms with Gasteiger partial charge in [0.1, 0.15) is 6.54 Å². The zero-order valence-electron chi connectivity index (χ0n) is 15.9. The Hall–Kier alpha value is -3.22. The highest BCUT2D eigenvalue weighted by Crippen LogP contribution is 2.21. The van der Waals surface area contributed by atoms with E-state index in [0.29, 0.717) is 16.8 Å². The van der Waals surface area contributed by atoms with Crippen molar-refractivity contribution in [1.29, 1.82) is 0 Å². The molecule has 1 fully saturated rings. The molecule has 4 rings (SSSR count). The second-order valence-electron chi connectivity index (χ2n) is 7.13. The van der Waals surface area contributed by atoms with Crippen LogP contribution in [0.1, 0.15) is 35.2 Å². The van der Waals surface area contributed by atoms with Gasteiger partial charge in [0.25, 0.3) is 5.91 Å². The van der Waals surface area contributed by atoms with Crippen molar-refractivity contribution >= 4 is 23.0 Å². The number of hydrogen-bond acceptors (Lipinski definition) is 4. The van der Waals surface area contributed by atoms with E-state index in [1.807, 2.05) is 36.1 Å². The van der Waals surface area contributed by atoms with Crippen molar-refractivity contribution in [2.45, 2.75) is 26.2 Å². The van der Waals surface area contributed by atoms with Crippen LogP contribution < -0.4 is 4.90 Å². The van der Waals surface area contributed by atoms with Gasteiger partial charge >= 0.3 is 0 Å². The van der Waals surface area contributed by atoms with Gasteiger partial charge in [-0.25, -0.2) is 4.52 Å². The second-order valence-corrected chi connectivity index (χ2v) is 7.13. The van der Waals surface area contributed by atoms with Gasteiger partial charge in [-0.3, -0.25) is 19.5 Å². The number of nitrogens with zero attached hydrogens (tertiary/aromatic N) is 5. The molecule has 3 heterocycles. The zero-order valence-corrected chi connectivity index (χ0v) is 15.9. The molecule has 0 unspecified atom stereocenters. The number of anilines is 1. The summed E-state index contributed by atoms with van der Waals surface area (Å²) in [4.78, 5) is 33.8. The molecule has 0 bridgehead atoms. The minimum Gasteiger partial charge on any atom is -0.341 e. The van der Waals surface area contributed by atoms with E-state index in [4.69, 9.17) is 0 Å². The van der Waals surface area contributed by atoms with Gasteiger partial charge in [-0.2, -0.15) is 5.10 Å². The molecule has 0 aliphatic carbocycles. The Bertz CT molecular complexity index is 989. The van der Waals surface area contributed by atoms with Crippen molar-refractivity contribution in [3.63, 3.8) is 0 Å². The summed E-state index contributed by atoms with van der Waals surface area (Å²) in [5, 5.41) is 4.23. The third kappa shape index (κ3) is 3.60. The molecule has 144 valence electrons. The highest BCUT2D eigenvalue weighted by atomic mass is 16.2. The molecule has 0 saturated carbocycles. The first-order valence-electron chi connectivity index (χ1n) is 9.57. The van der Waals surface area contributed by atoms with Crippen LogP contribution in [-0.2, 0) is 4.79 Å². The van der Waals surface area contributed by atoms with E-state index in [-0.39, 0.29) is 18.4 Å². The van der Waals surface area contributed by atoms with Gasteiger partial charge in [0.2, 0.25) is 5.91 Å². The molecule has 3 aromatic rings. The molecule has 1 aliphatic heterocycles. The minimum atomic E-state index is -0.253. The molecule has 2 aromatic heterocycles. The first-order valence-corrected chi connectivity index (χ1v) is 9.57. The maximum Gasteiger partial charge on any atom is 0.262 e. The normalized spacial score (nSPS) is 14.2. The minimum absolute atomic E-state index is 0.0134. The molecule has 1 aromatic carbocycles. The first-order chi connectivity index (χ1) is 13.6. The topological polar surface area (TPSA) is 70.8 Å². The summed E-state index contributed by atoms with van der Waals surface area (Å²) in [6.07, 6.45) is 9.65. The van der Waals surface area contributed by atoms with Crippen LogP contribution in [0.2, 0.25) is 0 Å². The monoisotopic (exact) mass is 377 g/mol. The van der Waals surface area contributed by atoms with E-state index in [9.17, 15) is 9.59 Å². The van der Waals surface area contributed by atoms with Gasteiger partial charge in [0.15, 0.2) is 0 Å². The van der Waals surface area contributed by atoms with Crippen molar-refractivity contribution in [2.75, 3.05) is 24.5 Å². The molecule has 0 atom stereocenters. The average Bonchev–Trinajstić information content (AvgIpc) is 3.17. The van der Waals surface area contributed by atoms with Crippen LogP contribution in [-0.4, -0.2) is 50.9 Å². The molecule has 7 nitrogen and oxygen atoms in total. The molecule has 2 amide bonds. The molecule has 0 spiro atoms. The predicted octanol–water partition coefficient (Wildman–Crippen LogP) is 2.70. The van der Waals surface area contributed by atoms with E-state index < -0.39 is 0 Å². The first kappa shape index (κ1) is 18.2. The smallest absolute Gasteiger partial charge is 0.262 e. The van der Waals surface area contributed by atoms with Crippen molar-refractivity contribution in [3.8, 4) is 0 Å². The van der Waals surface area contributed by atoms with Gasteiger partial charge in [-0.15, -0.1) is 0 Å². The molecular weight excluding hydrogens is 354 g/mol. The average molecular weight is 377 g/mol. The summed E-state index contributed by atoms with van der Waals surface area (Å²) in [5.74, 6) is -0.277. The van der Waals surface area contributed by atoms with Crippen molar-refractivity contribution in [2.24, 2.45) is 0 Å². The molecule has 1 saturated heterocycles. The number of benzene rings is 1. The fraction of sp³-hybridized carbons (Fsp3) is 0.333. The Morgan fingerprint density at radius 3 is 2.57 bits per heavy atom. The van der Waals surface area contributed by atoms with Gasteiger partial charge in [-0.1, -0.05) is 17.7 Å². The summed E-state index contributed by atoms with van der Waals surface area (Å²) in [6.45, 7) is 3.52. The Kier molecular flexibility index (Phi) is 5.06. The number of carbonyl (C=O) groups is 2. The maximum atomic E-state index is 13.4. The zero-order chi connectivity index (χ0) is 19.5. The van der Waals surface area contributed by atoms with Gasteiger partial charge in [0.05, 0.1) is 23.5 Å². The molecule has 0 radical (unpaired) electrons. The highest BCUT2D eigenvalue weighted by Gasteiger charge is 2.26. The number of fused-ring (bicyclic) bond motifs is 1. The number of amides is 2. The number of likely N-dealkylation sites (tertiary alicyclic amines) is 1. The van der Waals surface area contributed by atoms with E-state index in [0.717, 1.165) is 37.9 Å². The predicted molar refractivity (Wildman–Crippen MR) is 106 cm³/mol. The van der Waals surface area contributed by atoms with Crippen LogP contribution in [0.3, 0.4) is 0 Å². The Balaban J connectivity index is 1.66. The van der Waals surface area contributed by atoms with E-state index >= 15 is 0 Å². The summed E-state index contributed by atoms with van der Waals surface area (Å²) in [7, 11) is 0. The summed E-state index contributed by atoms with van der Waals surface area (Å²) in [5.41, 5.74) is 2.85. The maximum absolute atomic E-state index is 13.4. The fourth-order valence-electron chi connectivity index (χ4n) is 3.53. The van der Waals surface area contributed by atoms with Gasteiger partial charge in [0, 0.05) is 31.2 Å². The number of aryl methyl sites for hydroxylation is 1. The van der Waals surface area contributed by atoms with Crippen LogP contribution in [0, 0.1) is 6.92 Å². The fourth-order valence-corrected chi connectivity index (χ4v) is 3.53. The number of aromatic nitrogens is 3. The number of rotatable bonds is 4. The van der Waals surface area contributed by atoms with Gasteiger partial charge in [-0.05, 0) is 38.3 Å². The number of piperidine rings is 1. The lowest BCUT2D eigenvalue weighted by molar-refractivity contribution is -0.130. The van der Waals surface area contributed by atoms with Crippen LogP contribution in [0.25, 0.3) is 5.52 Å². The van der Waals surface area contributed by atoms with E-state index in [2.05, 4.69) is 10.1 Å². The van der Waals surface area contributed by atoms with E-state index in [1.54, 1.807) is 28.0 Å². The van der Waals surface area contributed by atoms with Crippen molar-refractivity contribution in [3.05, 3.63) is 60.2 Å². The SMILES string of the molecule is Cc1ccc(N(CC(=O)N2CCCCC2)C(=O)c2cnn3ccncc23)cc1. The van der Waals surface area contributed by atoms with Crippen LogP contribution >= 0.6 is 0 Å². The lowest BCUT2D eigenvalue weighted by Crippen LogP contribution is -2.45. The summed E-state index contributed by atoms with van der Waals surface area (Å²) >= 11 is 0. The highest BCUT2D eigenvalue weighted by molar-refractivity contribution is 6.12. The molecular formula is C21H23N5O2. The molecule has 0 N–H and O–H groups in total. The van der Waals surface area contributed by atoms with Crippen LogP contribution in [0.15, 0.2) is 49.1 Å². The van der Waals surface area contributed by atoms with Crippen LogP contribution in [0.5, 0.6) is 0 Å². The second kappa shape index (κ2) is 7.80. The lowest BCUT2D eigenvalue weighted by Gasteiger charge is -2.30.